The van der Waals surface area contributed by atoms with E-state index in [0.717, 1.165) is 6.26 Å². The van der Waals surface area contributed by atoms with Crippen LogP contribution in [0.3, 0.4) is 0 Å². The molecule has 0 unspecified atom stereocenters. The predicted molar refractivity (Wildman–Crippen MR) is 100 cm³/mol. The van der Waals surface area contributed by atoms with E-state index in [1.807, 2.05) is 0 Å². The van der Waals surface area contributed by atoms with Gasteiger partial charge in [-0.15, -0.1) is 0 Å². The number of aromatic nitrogens is 2. The van der Waals surface area contributed by atoms with Gasteiger partial charge in [-0.3, -0.25) is 0 Å². The molecule has 2 aromatic heterocycles. The minimum absolute atomic E-state index is 0.0121. The average molecular weight is 413 g/mol. The van der Waals surface area contributed by atoms with Crippen LogP contribution in [0.15, 0.2) is 41.6 Å². The standard InChI is InChI=1S/C18H18F3N3O3S/c1-24-9-14(12-6-7-22-17(27-2)16(12)24)13-8-11(28(3,25)26)4-5-15(13)23-10-18(19,20)21/h4-9,23H,10H2,1-3H3. The molecular formula is C18H18F3N3O3S. The highest BCUT2D eigenvalue weighted by atomic mass is 32.2. The summed E-state index contributed by atoms with van der Waals surface area (Å²) in [5.41, 5.74) is 1.72. The van der Waals surface area contributed by atoms with Crippen LogP contribution in [-0.4, -0.2) is 44.1 Å². The summed E-state index contributed by atoms with van der Waals surface area (Å²) in [6.07, 6.45) is -0.146. The Morgan fingerprint density at radius 3 is 2.54 bits per heavy atom. The van der Waals surface area contributed by atoms with E-state index in [0.29, 0.717) is 27.9 Å². The molecule has 0 aliphatic rings. The lowest BCUT2D eigenvalue weighted by atomic mass is 10.0. The number of sulfone groups is 1. The van der Waals surface area contributed by atoms with E-state index in [1.165, 1.54) is 31.5 Å². The first-order valence-electron chi connectivity index (χ1n) is 8.14. The van der Waals surface area contributed by atoms with Gasteiger partial charge in [-0.05, 0) is 24.3 Å². The van der Waals surface area contributed by atoms with Gasteiger partial charge in [0.15, 0.2) is 9.84 Å². The van der Waals surface area contributed by atoms with Crippen LogP contribution in [0.5, 0.6) is 5.88 Å². The molecule has 0 bridgehead atoms. The summed E-state index contributed by atoms with van der Waals surface area (Å²) < 4.78 is 69.1. The Morgan fingerprint density at radius 1 is 1.21 bits per heavy atom. The lowest BCUT2D eigenvalue weighted by Gasteiger charge is -2.15. The summed E-state index contributed by atoms with van der Waals surface area (Å²) in [5, 5.41) is 3.03. The molecule has 0 saturated heterocycles. The van der Waals surface area contributed by atoms with Crippen molar-refractivity contribution in [3.8, 4) is 17.0 Å². The number of anilines is 1. The Hall–Kier alpha value is -2.75. The highest BCUT2D eigenvalue weighted by Gasteiger charge is 2.27. The molecule has 0 atom stereocenters. The van der Waals surface area contributed by atoms with Crippen LogP contribution in [0, 0.1) is 0 Å². The second-order valence-electron chi connectivity index (χ2n) is 6.32. The number of pyridine rings is 1. The molecular weight excluding hydrogens is 395 g/mol. The summed E-state index contributed by atoms with van der Waals surface area (Å²) in [7, 11) is -0.330. The van der Waals surface area contributed by atoms with Gasteiger partial charge in [-0.25, -0.2) is 13.4 Å². The fourth-order valence-electron chi connectivity index (χ4n) is 3.01. The molecule has 0 spiro atoms. The van der Waals surface area contributed by atoms with Gasteiger partial charge in [-0.2, -0.15) is 13.2 Å². The summed E-state index contributed by atoms with van der Waals surface area (Å²) in [4.78, 5) is 4.15. The predicted octanol–water partition coefficient (Wildman–Crippen LogP) is 3.63. The van der Waals surface area contributed by atoms with Crippen molar-refractivity contribution >= 4 is 26.4 Å². The van der Waals surface area contributed by atoms with E-state index in [9.17, 15) is 21.6 Å². The van der Waals surface area contributed by atoms with Crippen molar-refractivity contribution in [2.45, 2.75) is 11.1 Å². The monoisotopic (exact) mass is 413 g/mol. The molecule has 2 heterocycles. The minimum atomic E-state index is -4.42. The molecule has 0 aliphatic carbocycles. The molecule has 1 N–H and O–H groups in total. The largest absolute Gasteiger partial charge is 0.479 e. The number of nitrogens with zero attached hydrogens (tertiary/aromatic N) is 2. The zero-order valence-electron chi connectivity index (χ0n) is 15.3. The van der Waals surface area contributed by atoms with Crippen molar-refractivity contribution < 1.29 is 26.3 Å². The third-order valence-electron chi connectivity index (χ3n) is 4.24. The van der Waals surface area contributed by atoms with Crippen molar-refractivity contribution in [2.75, 3.05) is 25.2 Å². The number of rotatable bonds is 5. The van der Waals surface area contributed by atoms with Crippen LogP contribution in [0.2, 0.25) is 0 Å². The first-order valence-corrected chi connectivity index (χ1v) is 10.0. The van der Waals surface area contributed by atoms with Crippen LogP contribution in [0.1, 0.15) is 0 Å². The Balaban J connectivity index is 2.25. The number of ether oxygens (including phenoxy) is 1. The van der Waals surface area contributed by atoms with Crippen molar-refractivity contribution in [2.24, 2.45) is 7.05 Å². The smallest absolute Gasteiger partial charge is 0.405 e. The maximum Gasteiger partial charge on any atom is 0.405 e. The van der Waals surface area contributed by atoms with Gasteiger partial charge in [0.05, 0.1) is 12.0 Å². The molecule has 0 radical (unpaired) electrons. The van der Waals surface area contributed by atoms with Crippen LogP contribution < -0.4 is 10.1 Å². The number of halogens is 3. The third-order valence-corrected chi connectivity index (χ3v) is 5.35. The first kappa shape index (κ1) is 20.0. The molecule has 150 valence electrons. The van der Waals surface area contributed by atoms with E-state index in [-0.39, 0.29) is 10.6 Å². The third kappa shape index (κ3) is 3.91. The number of methoxy groups -OCH3 is 1. The number of alkyl halides is 3. The van der Waals surface area contributed by atoms with Crippen molar-refractivity contribution in [3.05, 3.63) is 36.7 Å². The van der Waals surface area contributed by atoms with E-state index in [4.69, 9.17) is 4.74 Å². The van der Waals surface area contributed by atoms with Crippen molar-refractivity contribution in [3.63, 3.8) is 0 Å². The number of aryl methyl sites for hydroxylation is 1. The molecule has 3 aromatic rings. The molecule has 0 aliphatic heterocycles. The highest BCUT2D eigenvalue weighted by Crippen LogP contribution is 2.38. The van der Waals surface area contributed by atoms with E-state index < -0.39 is 22.6 Å². The zero-order chi connectivity index (χ0) is 20.7. The quantitative estimate of drug-likeness (QED) is 0.692. The molecule has 0 saturated carbocycles. The number of fused-ring (bicyclic) bond motifs is 1. The Labute approximate surface area is 159 Å². The summed E-state index contributed by atoms with van der Waals surface area (Å²) in [6, 6.07) is 5.70. The molecule has 0 fully saturated rings. The second kappa shape index (κ2) is 7.01. The van der Waals surface area contributed by atoms with Crippen LogP contribution in [-0.2, 0) is 16.9 Å². The van der Waals surface area contributed by atoms with Gasteiger partial charge in [0.2, 0.25) is 5.88 Å². The fourth-order valence-corrected chi connectivity index (χ4v) is 3.66. The molecule has 1 aromatic carbocycles. The van der Waals surface area contributed by atoms with Gasteiger partial charge in [-0.1, -0.05) is 0 Å². The van der Waals surface area contributed by atoms with Crippen molar-refractivity contribution in [1.82, 2.24) is 9.55 Å². The molecule has 3 rings (SSSR count). The molecule has 28 heavy (non-hydrogen) atoms. The highest BCUT2D eigenvalue weighted by molar-refractivity contribution is 7.90. The van der Waals surface area contributed by atoms with E-state index in [2.05, 4.69) is 10.3 Å². The lowest BCUT2D eigenvalue weighted by molar-refractivity contribution is -0.115. The first-order chi connectivity index (χ1) is 13.0. The van der Waals surface area contributed by atoms with Gasteiger partial charge in [0.25, 0.3) is 0 Å². The van der Waals surface area contributed by atoms with Gasteiger partial charge >= 0.3 is 6.18 Å². The maximum atomic E-state index is 12.7. The number of nitrogens with one attached hydrogen (secondary N) is 1. The SMILES string of the molecule is COc1nccc2c(-c3cc(S(C)(=O)=O)ccc3NCC(F)(F)F)cn(C)c12. The number of hydrogen-bond acceptors (Lipinski definition) is 5. The molecule has 0 amide bonds. The van der Waals surface area contributed by atoms with Crippen LogP contribution in [0.25, 0.3) is 22.0 Å². The summed E-state index contributed by atoms with van der Waals surface area (Å²) in [5.74, 6) is 0.357. The van der Waals surface area contributed by atoms with Gasteiger partial charge in [0, 0.05) is 47.9 Å². The second-order valence-corrected chi connectivity index (χ2v) is 8.33. The molecule has 6 nitrogen and oxygen atoms in total. The fraction of sp³-hybridized carbons (Fsp3) is 0.278. The normalized spacial score (nSPS) is 12.4. The summed E-state index contributed by atoms with van der Waals surface area (Å²) >= 11 is 0. The van der Waals surface area contributed by atoms with Gasteiger partial charge in [0.1, 0.15) is 12.1 Å². The molecule has 10 heteroatoms. The average Bonchev–Trinajstić information content (AvgIpc) is 2.95. The topological polar surface area (TPSA) is 73.2 Å². The lowest BCUT2D eigenvalue weighted by Crippen LogP contribution is -2.21. The Bertz CT molecular complexity index is 1140. The number of benzene rings is 1. The van der Waals surface area contributed by atoms with Gasteiger partial charge < -0.3 is 14.6 Å². The maximum absolute atomic E-state index is 12.7. The number of hydrogen-bond donors (Lipinski definition) is 1. The summed E-state index contributed by atoms with van der Waals surface area (Å²) in [6.45, 7) is -1.24. The van der Waals surface area contributed by atoms with Crippen molar-refractivity contribution in [1.29, 1.82) is 0 Å². The Kier molecular flexibility index (Phi) is 5.00. The van der Waals surface area contributed by atoms with E-state index >= 15 is 0 Å². The van der Waals surface area contributed by atoms with E-state index in [1.54, 1.807) is 23.9 Å². The zero-order valence-corrected chi connectivity index (χ0v) is 16.1. The minimum Gasteiger partial charge on any atom is -0.479 e. The Morgan fingerprint density at radius 2 is 1.93 bits per heavy atom. The van der Waals surface area contributed by atoms with Crippen LogP contribution in [0.4, 0.5) is 18.9 Å². The van der Waals surface area contributed by atoms with Crippen LogP contribution >= 0.6 is 0 Å².